The van der Waals surface area contributed by atoms with E-state index in [4.69, 9.17) is 16.0 Å². The van der Waals surface area contributed by atoms with Gasteiger partial charge in [-0.2, -0.15) is 0 Å². The zero-order valence-electron chi connectivity index (χ0n) is 10.7. The van der Waals surface area contributed by atoms with E-state index in [-0.39, 0.29) is 0 Å². The predicted octanol–water partition coefficient (Wildman–Crippen LogP) is 4.55. The largest absolute Gasteiger partial charge is 0.414 e. The number of halogens is 1. The van der Waals surface area contributed by atoms with Crippen LogP contribution in [0.2, 0.25) is 19.1 Å². The van der Waals surface area contributed by atoms with Gasteiger partial charge in [-0.1, -0.05) is 42.5 Å². The third-order valence-electron chi connectivity index (χ3n) is 2.59. The molecule has 0 aliphatic carbocycles. The molecule has 94 valence electrons. The van der Waals surface area contributed by atoms with Crippen molar-refractivity contribution in [2.24, 2.45) is 0 Å². The fraction of sp³-hybridized carbons (Fsp3) is 0.429. The first-order chi connectivity index (χ1) is 8.14. The highest BCUT2D eigenvalue weighted by Crippen LogP contribution is 2.14. The summed E-state index contributed by atoms with van der Waals surface area (Å²) < 4.78 is 5.95. The van der Waals surface area contributed by atoms with Crippen LogP contribution in [0.5, 0.6) is 0 Å². The van der Waals surface area contributed by atoms with Gasteiger partial charge >= 0.3 is 0 Å². The molecule has 0 spiro atoms. The molecule has 1 aromatic rings. The Morgan fingerprint density at radius 3 is 2.59 bits per heavy atom. The molecule has 0 aliphatic heterocycles. The van der Waals surface area contributed by atoms with E-state index in [0.29, 0.717) is 6.61 Å². The quantitative estimate of drug-likeness (QED) is 0.521. The van der Waals surface area contributed by atoms with Gasteiger partial charge < -0.3 is 4.43 Å². The second kappa shape index (κ2) is 7.70. The van der Waals surface area contributed by atoms with E-state index >= 15 is 0 Å². The second-order valence-corrected chi connectivity index (χ2v) is 9.36. The molecule has 1 nitrogen and oxygen atoms in total. The molecule has 0 amide bonds. The monoisotopic (exact) mass is 268 g/mol. The molecule has 1 aromatic carbocycles. The molecule has 0 radical (unpaired) electrons. The van der Waals surface area contributed by atoms with Crippen molar-refractivity contribution in [2.75, 3.05) is 12.5 Å². The molecular formula is C14H21ClOSi. The summed E-state index contributed by atoms with van der Waals surface area (Å²) >= 11 is 5.70. The molecule has 17 heavy (non-hydrogen) atoms. The summed E-state index contributed by atoms with van der Waals surface area (Å²) in [4.78, 5) is 0. The molecule has 0 fully saturated rings. The maximum Gasteiger partial charge on any atom is 0.187 e. The van der Waals surface area contributed by atoms with E-state index < -0.39 is 8.32 Å². The van der Waals surface area contributed by atoms with Crippen molar-refractivity contribution < 1.29 is 4.43 Å². The molecule has 0 atom stereocenters. The summed E-state index contributed by atoms with van der Waals surface area (Å²) in [6.07, 6.45) is 5.25. The molecular weight excluding hydrogens is 248 g/mol. The van der Waals surface area contributed by atoms with Gasteiger partial charge in [-0.05, 0) is 31.1 Å². The number of hydrogen-bond donors (Lipinski definition) is 0. The Balaban J connectivity index is 2.29. The first-order valence-corrected chi connectivity index (χ1v) is 9.70. The maximum absolute atomic E-state index is 5.95. The van der Waals surface area contributed by atoms with E-state index in [1.807, 2.05) is 18.2 Å². The number of benzene rings is 1. The van der Waals surface area contributed by atoms with Crippen LogP contribution in [-0.4, -0.2) is 20.8 Å². The van der Waals surface area contributed by atoms with Gasteiger partial charge in [0.1, 0.15) is 0 Å². The van der Waals surface area contributed by atoms with Gasteiger partial charge in [0.05, 0.1) is 6.61 Å². The highest BCUT2D eigenvalue weighted by Gasteiger charge is 2.20. The maximum atomic E-state index is 5.95. The van der Waals surface area contributed by atoms with Crippen molar-refractivity contribution in [1.82, 2.24) is 0 Å². The van der Waals surface area contributed by atoms with Gasteiger partial charge in [-0.25, -0.2) is 0 Å². The highest BCUT2D eigenvalue weighted by atomic mass is 35.5. The molecule has 0 bridgehead atoms. The minimum absolute atomic E-state index is 0.705. The summed E-state index contributed by atoms with van der Waals surface area (Å²) in [6.45, 7) is 5.20. The first-order valence-electron chi connectivity index (χ1n) is 6.05. The summed E-state index contributed by atoms with van der Waals surface area (Å²) in [5, 5.41) is 0. The molecule has 0 unspecified atom stereocenters. The molecule has 1 rings (SSSR count). The van der Waals surface area contributed by atoms with Gasteiger partial charge in [-0.15, -0.1) is 11.6 Å². The van der Waals surface area contributed by atoms with Gasteiger partial charge in [0.15, 0.2) is 8.32 Å². The van der Waals surface area contributed by atoms with Crippen molar-refractivity contribution in [3.05, 3.63) is 42.0 Å². The summed E-state index contributed by atoms with van der Waals surface area (Å²) in [5.41, 5.74) is 1.22. The summed E-state index contributed by atoms with van der Waals surface area (Å²) in [6, 6.07) is 11.4. The molecule has 0 aromatic heterocycles. The number of alkyl halides is 1. The van der Waals surface area contributed by atoms with Crippen molar-refractivity contribution in [2.45, 2.75) is 25.6 Å². The van der Waals surface area contributed by atoms with Crippen molar-refractivity contribution in [3.63, 3.8) is 0 Å². The standard InChI is InChI=1S/C14H21ClOSi/c1-17(2,13-7-11-15)16-12-6-10-14-8-4-3-5-9-14/h3-6,8-10H,7,11-13H2,1-2H3. The average Bonchev–Trinajstić information content (AvgIpc) is 2.34. The lowest BCUT2D eigenvalue weighted by molar-refractivity contribution is 0.352. The van der Waals surface area contributed by atoms with Crippen LogP contribution in [0, 0.1) is 0 Å². The Labute approximate surface area is 111 Å². The topological polar surface area (TPSA) is 9.23 Å². The molecule has 3 heteroatoms. The smallest absolute Gasteiger partial charge is 0.187 e. The van der Waals surface area contributed by atoms with Crippen LogP contribution >= 0.6 is 11.6 Å². The lowest BCUT2D eigenvalue weighted by Gasteiger charge is -2.21. The Kier molecular flexibility index (Phi) is 6.56. The van der Waals surface area contributed by atoms with E-state index in [1.165, 1.54) is 5.56 Å². The third kappa shape index (κ3) is 6.67. The summed E-state index contributed by atoms with van der Waals surface area (Å²) in [7, 11) is -1.50. The lowest BCUT2D eigenvalue weighted by atomic mass is 10.2. The fourth-order valence-corrected chi connectivity index (χ4v) is 3.66. The number of hydrogen-bond acceptors (Lipinski definition) is 1. The van der Waals surface area contributed by atoms with Crippen molar-refractivity contribution >= 4 is 26.0 Å². The van der Waals surface area contributed by atoms with E-state index in [9.17, 15) is 0 Å². The van der Waals surface area contributed by atoms with Crippen LogP contribution in [-0.2, 0) is 4.43 Å². The zero-order chi connectivity index (χ0) is 12.6. The van der Waals surface area contributed by atoms with E-state index in [0.717, 1.165) is 18.3 Å². The first kappa shape index (κ1) is 14.5. The van der Waals surface area contributed by atoms with Crippen LogP contribution < -0.4 is 0 Å². The van der Waals surface area contributed by atoms with Crippen LogP contribution in [0.15, 0.2) is 36.4 Å². The third-order valence-corrected chi connectivity index (χ3v) is 5.37. The van der Waals surface area contributed by atoms with Crippen LogP contribution in [0.4, 0.5) is 0 Å². The molecule has 0 aliphatic rings. The minimum Gasteiger partial charge on any atom is -0.414 e. The zero-order valence-corrected chi connectivity index (χ0v) is 12.4. The Morgan fingerprint density at radius 2 is 1.94 bits per heavy atom. The SMILES string of the molecule is C[Si](C)(CCCCl)OCC=Cc1ccccc1. The van der Waals surface area contributed by atoms with Crippen LogP contribution in [0.3, 0.4) is 0 Å². The molecule has 0 heterocycles. The fourth-order valence-electron chi connectivity index (χ4n) is 1.59. The van der Waals surface area contributed by atoms with Gasteiger partial charge in [-0.3, -0.25) is 0 Å². The molecule has 0 saturated heterocycles. The van der Waals surface area contributed by atoms with Crippen molar-refractivity contribution in [3.8, 4) is 0 Å². The van der Waals surface area contributed by atoms with Gasteiger partial charge in [0.25, 0.3) is 0 Å². The molecule has 0 N–H and O–H groups in total. The lowest BCUT2D eigenvalue weighted by Crippen LogP contribution is -2.30. The number of rotatable bonds is 7. The van der Waals surface area contributed by atoms with Crippen LogP contribution in [0.25, 0.3) is 6.08 Å². The Bertz CT molecular complexity index is 335. The van der Waals surface area contributed by atoms with E-state index in [1.54, 1.807) is 0 Å². The Hall–Kier alpha value is -0.573. The predicted molar refractivity (Wildman–Crippen MR) is 79.1 cm³/mol. The summed E-state index contributed by atoms with van der Waals surface area (Å²) in [5.74, 6) is 0.736. The van der Waals surface area contributed by atoms with Gasteiger partial charge in [0.2, 0.25) is 0 Å². The Morgan fingerprint density at radius 1 is 1.24 bits per heavy atom. The molecule has 0 saturated carbocycles. The van der Waals surface area contributed by atoms with Gasteiger partial charge in [0, 0.05) is 5.88 Å². The van der Waals surface area contributed by atoms with Crippen LogP contribution in [0.1, 0.15) is 12.0 Å². The normalized spacial score (nSPS) is 12.2. The van der Waals surface area contributed by atoms with Crippen molar-refractivity contribution in [1.29, 1.82) is 0 Å². The highest BCUT2D eigenvalue weighted by molar-refractivity contribution is 6.71. The van der Waals surface area contributed by atoms with E-state index in [2.05, 4.69) is 37.4 Å². The average molecular weight is 269 g/mol. The second-order valence-electron chi connectivity index (χ2n) is 4.68. The minimum atomic E-state index is -1.50.